The van der Waals surface area contributed by atoms with Crippen LogP contribution in [0.25, 0.3) is 22.5 Å². The predicted molar refractivity (Wildman–Crippen MR) is 101 cm³/mol. The van der Waals surface area contributed by atoms with Crippen LogP contribution in [0.4, 0.5) is 4.79 Å². The Morgan fingerprint density at radius 1 is 1.07 bits per heavy atom. The SMILES string of the molecule is Cc1cc(OC(N)=O)c(-c2ccccc2)nc1-c1cnc(C(C)(C)O)nc1. The number of primary amides is 1. The molecule has 0 radical (unpaired) electrons. The van der Waals surface area contributed by atoms with Crippen LogP contribution in [0.2, 0.25) is 0 Å². The van der Waals surface area contributed by atoms with Gasteiger partial charge in [0.15, 0.2) is 11.6 Å². The molecule has 27 heavy (non-hydrogen) atoms. The molecule has 0 bridgehead atoms. The lowest BCUT2D eigenvalue weighted by atomic mass is 10.0. The van der Waals surface area contributed by atoms with Gasteiger partial charge in [0.2, 0.25) is 0 Å². The van der Waals surface area contributed by atoms with Gasteiger partial charge in [-0.15, -0.1) is 0 Å². The standard InChI is InChI=1S/C20H20N4O3/c1-12-9-15(27-19(21)25)17(13-7-5-4-6-8-13)24-16(12)14-10-22-18(23-11-14)20(2,3)26/h4-11,26H,1-3H3,(H2,21,25). The Bertz CT molecular complexity index is 965. The van der Waals surface area contributed by atoms with Gasteiger partial charge in [0.05, 0.1) is 5.69 Å². The highest BCUT2D eigenvalue weighted by Gasteiger charge is 2.20. The number of carbonyl (C=O) groups is 1. The largest absolute Gasteiger partial charge is 0.410 e. The Morgan fingerprint density at radius 3 is 2.26 bits per heavy atom. The highest BCUT2D eigenvalue weighted by Crippen LogP contribution is 2.33. The Balaban J connectivity index is 2.13. The van der Waals surface area contributed by atoms with Crippen LogP contribution in [-0.4, -0.2) is 26.2 Å². The summed E-state index contributed by atoms with van der Waals surface area (Å²) in [5.74, 6) is 0.602. The summed E-state index contributed by atoms with van der Waals surface area (Å²) in [5.41, 5.74) is 7.43. The summed E-state index contributed by atoms with van der Waals surface area (Å²) in [7, 11) is 0. The summed E-state index contributed by atoms with van der Waals surface area (Å²) in [6.45, 7) is 5.08. The van der Waals surface area contributed by atoms with E-state index in [0.717, 1.165) is 11.1 Å². The second kappa shape index (κ2) is 7.13. The number of aliphatic hydroxyl groups is 1. The van der Waals surface area contributed by atoms with Gasteiger partial charge in [-0.2, -0.15) is 0 Å². The van der Waals surface area contributed by atoms with E-state index in [1.54, 1.807) is 32.3 Å². The summed E-state index contributed by atoms with van der Waals surface area (Å²) in [6, 6.07) is 11.1. The monoisotopic (exact) mass is 364 g/mol. The molecule has 138 valence electrons. The number of rotatable bonds is 4. The molecule has 0 aliphatic rings. The van der Waals surface area contributed by atoms with E-state index >= 15 is 0 Å². The van der Waals surface area contributed by atoms with Crippen LogP contribution in [0.1, 0.15) is 25.2 Å². The summed E-state index contributed by atoms with van der Waals surface area (Å²) in [6.07, 6.45) is 2.32. The van der Waals surface area contributed by atoms with Crippen molar-refractivity contribution in [2.45, 2.75) is 26.4 Å². The summed E-state index contributed by atoms with van der Waals surface area (Å²) in [5, 5.41) is 10.0. The average molecular weight is 364 g/mol. The van der Waals surface area contributed by atoms with Crippen LogP contribution >= 0.6 is 0 Å². The summed E-state index contributed by atoms with van der Waals surface area (Å²) >= 11 is 0. The van der Waals surface area contributed by atoms with Crippen LogP contribution in [0.3, 0.4) is 0 Å². The Hall–Kier alpha value is -3.32. The molecule has 1 amide bonds. The highest BCUT2D eigenvalue weighted by atomic mass is 16.5. The van der Waals surface area contributed by atoms with Crippen molar-refractivity contribution in [3.63, 3.8) is 0 Å². The van der Waals surface area contributed by atoms with Crippen molar-refractivity contribution >= 4 is 6.09 Å². The fourth-order valence-corrected chi connectivity index (χ4v) is 2.64. The number of pyridine rings is 1. The van der Waals surface area contributed by atoms with E-state index in [0.29, 0.717) is 22.8 Å². The van der Waals surface area contributed by atoms with Crippen LogP contribution < -0.4 is 10.5 Å². The lowest BCUT2D eigenvalue weighted by molar-refractivity contribution is 0.0687. The zero-order valence-electron chi connectivity index (χ0n) is 15.3. The fourth-order valence-electron chi connectivity index (χ4n) is 2.64. The van der Waals surface area contributed by atoms with Gasteiger partial charge < -0.3 is 15.6 Å². The number of nitrogens with zero attached hydrogens (tertiary/aromatic N) is 3. The molecule has 1 aromatic carbocycles. The van der Waals surface area contributed by atoms with Crippen LogP contribution in [0, 0.1) is 6.92 Å². The molecule has 0 unspecified atom stereocenters. The molecule has 3 N–H and O–H groups in total. The van der Waals surface area contributed by atoms with Crippen molar-refractivity contribution in [3.8, 4) is 28.3 Å². The van der Waals surface area contributed by atoms with E-state index in [4.69, 9.17) is 10.5 Å². The van der Waals surface area contributed by atoms with Gasteiger partial charge in [-0.1, -0.05) is 30.3 Å². The van der Waals surface area contributed by atoms with E-state index in [-0.39, 0.29) is 5.75 Å². The van der Waals surface area contributed by atoms with E-state index in [1.807, 2.05) is 37.3 Å². The smallest absolute Gasteiger partial charge is 0.408 e. The number of ether oxygens (including phenoxy) is 1. The molecule has 0 atom stereocenters. The first-order valence-electron chi connectivity index (χ1n) is 8.35. The molecule has 7 nitrogen and oxygen atoms in total. The molecule has 2 aromatic heterocycles. The Labute approximate surface area is 156 Å². The van der Waals surface area contributed by atoms with Crippen molar-refractivity contribution in [2.75, 3.05) is 0 Å². The maximum Gasteiger partial charge on any atom is 0.410 e. The first-order valence-corrected chi connectivity index (χ1v) is 8.35. The minimum atomic E-state index is -1.13. The second-order valence-electron chi connectivity index (χ2n) is 6.64. The second-order valence-corrected chi connectivity index (χ2v) is 6.64. The van der Waals surface area contributed by atoms with E-state index in [1.165, 1.54) is 0 Å². The van der Waals surface area contributed by atoms with Gasteiger partial charge in [0, 0.05) is 23.5 Å². The number of hydrogen-bond acceptors (Lipinski definition) is 6. The molecular weight excluding hydrogens is 344 g/mol. The molecule has 0 spiro atoms. The van der Waals surface area contributed by atoms with Gasteiger partial charge in [0.1, 0.15) is 11.3 Å². The average Bonchev–Trinajstić information content (AvgIpc) is 2.61. The van der Waals surface area contributed by atoms with Crippen molar-refractivity contribution in [1.29, 1.82) is 0 Å². The summed E-state index contributed by atoms with van der Waals surface area (Å²) in [4.78, 5) is 24.4. The van der Waals surface area contributed by atoms with Gasteiger partial charge in [-0.25, -0.2) is 19.7 Å². The lowest BCUT2D eigenvalue weighted by Gasteiger charge is -2.16. The van der Waals surface area contributed by atoms with E-state index < -0.39 is 11.7 Å². The number of amides is 1. The molecule has 3 aromatic rings. The van der Waals surface area contributed by atoms with Crippen LogP contribution in [0.15, 0.2) is 48.8 Å². The normalized spacial score (nSPS) is 11.3. The zero-order chi connectivity index (χ0) is 19.6. The molecule has 0 fully saturated rings. The van der Waals surface area contributed by atoms with Crippen LogP contribution in [-0.2, 0) is 5.60 Å². The maximum atomic E-state index is 11.3. The first kappa shape index (κ1) is 18.5. The molecule has 0 saturated carbocycles. The van der Waals surface area contributed by atoms with Gasteiger partial charge in [-0.05, 0) is 32.4 Å². The quantitative estimate of drug-likeness (QED) is 0.735. The number of nitrogens with two attached hydrogens (primary N) is 1. The number of hydrogen-bond donors (Lipinski definition) is 2. The third kappa shape index (κ3) is 4.09. The zero-order valence-corrected chi connectivity index (χ0v) is 15.3. The molecule has 0 aliphatic carbocycles. The van der Waals surface area contributed by atoms with Crippen LogP contribution in [0.5, 0.6) is 5.75 Å². The number of benzene rings is 1. The number of carbonyl (C=O) groups excluding carboxylic acids is 1. The topological polar surface area (TPSA) is 111 Å². The fraction of sp³-hybridized carbons (Fsp3) is 0.200. The molecule has 3 rings (SSSR count). The minimum Gasteiger partial charge on any atom is -0.408 e. The van der Waals surface area contributed by atoms with Crippen molar-refractivity contribution in [1.82, 2.24) is 15.0 Å². The van der Waals surface area contributed by atoms with Gasteiger partial charge in [0.25, 0.3) is 0 Å². The van der Waals surface area contributed by atoms with E-state index in [2.05, 4.69) is 15.0 Å². The Kier molecular flexibility index (Phi) is 4.87. The minimum absolute atomic E-state index is 0.281. The van der Waals surface area contributed by atoms with Gasteiger partial charge >= 0.3 is 6.09 Å². The number of aromatic nitrogens is 3. The number of aryl methyl sites for hydroxylation is 1. The summed E-state index contributed by atoms with van der Waals surface area (Å²) < 4.78 is 5.15. The third-order valence-corrected chi connectivity index (χ3v) is 3.91. The molecule has 2 heterocycles. The van der Waals surface area contributed by atoms with E-state index in [9.17, 15) is 9.90 Å². The lowest BCUT2D eigenvalue weighted by Crippen LogP contribution is -2.19. The molecular formula is C20H20N4O3. The Morgan fingerprint density at radius 2 is 1.70 bits per heavy atom. The van der Waals surface area contributed by atoms with Crippen molar-refractivity contribution in [2.24, 2.45) is 5.73 Å². The highest BCUT2D eigenvalue weighted by molar-refractivity contribution is 5.77. The maximum absolute atomic E-state index is 11.3. The predicted octanol–water partition coefficient (Wildman–Crippen LogP) is 3.20. The third-order valence-electron chi connectivity index (χ3n) is 3.91. The van der Waals surface area contributed by atoms with Gasteiger partial charge in [-0.3, -0.25) is 0 Å². The molecule has 0 aliphatic heterocycles. The van der Waals surface area contributed by atoms with Crippen molar-refractivity contribution < 1.29 is 14.6 Å². The first-order chi connectivity index (χ1) is 12.8. The molecule has 7 heteroatoms. The molecule has 0 saturated heterocycles. The van der Waals surface area contributed by atoms with Crippen molar-refractivity contribution in [3.05, 3.63) is 60.2 Å².